The molecule has 0 unspecified atom stereocenters. The Balaban J connectivity index is 1.37. The maximum absolute atomic E-state index is 12.3. The number of carbonyl (C=O) groups is 2. The second-order valence-electron chi connectivity index (χ2n) is 6.17. The minimum absolute atomic E-state index is 0.105. The Morgan fingerprint density at radius 2 is 1.93 bits per heavy atom. The zero-order valence-electron chi connectivity index (χ0n) is 14.5. The number of amides is 3. The molecule has 1 aromatic heterocycles. The molecule has 1 fully saturated rings. The fourth-order valence-electron chi connectivity index (χ4n) is 2.91. The van der Waals surface area contributed by atoms with Gasteiger partial charge in [0, 0.05) is 30.0 Å². The van der Waals surface area contributed by atoms with Gasteiger partial charge >= 0.3 is 6.03 Å². The van der Waals surface area contributed by atoms with E-state index in [1.807, 2.05) is 42.5 Å². The summed E-state index contributed by atoms with van der Waals surface area (Å²) in [4.78, 5) is 29.9. The molecule has 4 rings (SSSR count). The van der Waals surface area contributed by atoms with Crippen molar-refractivity contribution in [2.45, 2.75) is 6.42 Å². The predicted molar refractivity (Wildman–Crippen MR) is 101 cm³/mol. The maximum Gasteiger partial charge on any atom is 0.321 e. The number of nitrogens with one attached hydrogen (secondary N) is 2. The first-order chi connectivity index (χ1) is 13.2. The first kappa shape index (κ1) is 16.8. The number of hydrogen-bond acceptors (Lipinski definition) is 4. The first-order valence-electron chi connectivity index (χ1n) is 8.64. The summed E-state index contributed by atoms with van der Waals surface area (Å²) in [6, 6.07) is 16.6. The van der Waals surface area contributed by atoms with Crippen molar-refractivity contribution in [3.63, 3.8) is 0 Å². The van der Waals surface area contributed by atoms with Crippen molar-refractivity contribution < 1.29 is 14.0 Å². The van der Waals surface area contributed by atoms with E-state index in [0.717, 1.165) is 11.3 Å². The molecule has 0 aliphatic carbocycles. The van der Waals surface area contributed by atoms with Crippen LogP contribution in [0.4, 0.5) is 16.2 Å². The fourth-order valence-corrected chi connectivity index (χ4v) is 2.91. The third kappa shape index (κ3) is 3.82. The molecule has 0 saturated carbocycles. The standard InChI is InChI=1S/C20H18N4O3/c25-18(12-16-13-27-19(23-16)14-4-2-1-3-5-14)22-15-6-8-17(9-7-15)24-11-10-21-20(24)26/h1-9,13H,10-12H2,(H,21,26)(H,22,25). The van der Waals surface area contributed by atoms with Crippen molar-refractivity contribution in [3.05, 3.63) is 66.6 Å². The highest BCUT2D eigenvalue weighted by molar-refractivity contribution is 5.95. The average molecular weight is 362 g/mol. The van der Waals surface area contributed by atoms with E-state index in [2.05, 4.69) is 15.6 Å². The zero-order chi connectivity index (χ0) is 18.6. The highest BCUT2D eigenvalue weighted by atomic mass is 16.3. The monoisotopic (exact) mass is 362 g/mol. The Hall–Kier alpha value is -3.61. The van der Waals surface area contributed by atoms with Gasteiger partial charge in [0.15, 0.2) is 0 Å². The molecule has 1 aliphatic rings. The van der Waals surface area contributed by atoms with Gasteiger partial charge in [0.25, 0.3) is 0 Å². The fraction of sp³-hybridized carbons (Fsp3) is 0.150. The quantitative estimate of drug-likeness (QED) is 0.730. The van der Waals surface area contributed by atoms with Crippen molar-refractivity contribution in [3.8, 4) is 11.5 Å². The van der Waals surface area contributed by atoms with Crippen LogP contribution in [0, 0.1) is 0 Å². The topological polar surface area (TPSA) is 87.5 Å². The zero-order valence-corrected chi connectivity index (χ0v) is 14.5. The highest BCUT2D eigenvalue weighted by Crippen LogP contribution is 2.20. The molecule has 27 heavy (non-hydrogen) atoms. The van der Waals surface area contributed by atoms with Crippen LogP contribution in [0.3, 0.4) is 0 Å². The number of benzene rings is 2. The van der Waals surface area contributed by atoms with Gasteiger partial charge in [0.1, 0.15) is 6.26 Å². The van der Waals surface area contributed by atoms with Crippen LogP contribution in [0.25, 0.3) is 11.5 Å². The average Bonchev–Trinajstić information content (AvgIpc) is 3.32. The number of aromatic nitrogens is 1. The summed E-state index contributed by atoms with van der Waals surface area (Å²) in [5, 5.41) is 5.59. The number of nitrogens with zero attached hydrogens (tertiary/aromatic N) is 2. The maximum atomic E-state index is 12.3. The number of urea groups is 1. The third-order valence-corrected chi connectivity index (χ3v) is 4.23. The molecule has 3 aromatic rings. The molecule has 2 N–H and O–H groups in total. The van der Waals surface area contributed by atoms with Crippen LogP contribution in [-0.2, 0) is 11.2 Å². The molecule has 7 nitrogen and oxygen atoms in total. The minimum Gasteiger partial charge on any atom is -0.444 e. The Morgan fingerprint density at radius 3 is 2.63 bits per heavy atom. The Labute approximate surface area is 156 Å². The lowest BCUT2D eigenvalue weighted by Crippen LogP contribution is -2.27. The molecular weight excluding hydrogens is 344 g/mol. The van der Waals surface area contributed by atoms with E-state index in [9.17, 15) is 9.59 Å². The van der Waals surface area contributed by atoms with Gasteiger partial charge in [-0.25, -0.2) is 9.78 Å². The molecule has 2 heterocycles. The number of hydrogen-bond donors (Lipinski definition) is 2. The van der Waals surface area contributed by atoms with E-state index in [0.29, 0.717) is 30.4 Å². The SMILES string of the molecule is O=C(Cc1coc(-c2ccccc2)n1)Nc1ccc(N2CCNC2=O)cc1. The van der Waals surface area contributed by atoms with E-state index in [1.54, 1.807) is 17.0 Å². The molecule has 0 atom stereocenters. The summed E-state index contributed by atoms with van der Waals surface area (Å²) in [6.45, 7) is 1.28. The largest absolute Gasteiger partial charge is 0.444 e. The molecule has 136 valence electrons. The van der Waals surface area contributed by atoms with Crippen molar-refractivity contribution in [2.24, 2.45) is 0 Å². The Kier molecular flexibility index (Phi) is 4.57. The van der Waals surface area contributed by atoms with E-state index < -0.39 is 0 Å². The summed E-state index contributed by atoms with van der Waals surface area (Å²) in [7, 11) is 0. The molecule has 7 heteroatoms. The van der Waals surface area contributed by atoms with Crippen molar-refractivity contribution in [1.82, 2.24) is 10.3 Å². The van der Waals surface area contributed by atoms with Crippen LogP contribution >= 0.6 is 0 Å². The first-order valence-corrected chi connectivity index (χ1v) is 8.64. The van der Waals surface area contributed by atoms with Crippen LogP contribution in [-0.4, -0.2) is 30.0 Å². The van der Waals surface area contributed by atoms with E-state index >= 15 is 0 Å². The summed E-state index contributed by atoms with van der Waals surface area (Å²) in [5.41, 5.74) is 2.89. The molecule has 0 radical (unpaired) electrons. The van der Waals surface area contributed by atoms with Gasteiger partial charge in [0.05, 0.1) is 12.1 Å². The molecule has 3 amide bonds. The molecule has 0 spiro atoms. The van der Waals surface area contributed by atoms with E-state index in [4.69, 9.17) is 4.42 Å². The summed E-state index contributed by atoms with van der Waals surface area (Å²) in [5.74, 6) is 0.307. The van der Waals surface area contributed by atoms with Crippen LogP contribution in [0.15, 0.2) is 65.3 Å². The second-order valence-corrected chi connectivity index (χ2v) is 6.17. The summed E-state index contributed by atoms with van der Waals surface area (Å²) >= 11 is 0. The van der Waals surface area contributed by atoms with Gasteiger partial charge in [0.2, 0.25) is 11.8 Å². The smallest absolute Gasteiger partial charge is 0.321 e. The second kappa shape index (κ2) is 7.33. The van der Waals surface area contributed by atoms with Gasteiger partial charge in [-0.15, -0.1) is 0 Å². The normalized spacial score (nSPS) is 13.5. The van der Waals surface area contributed by atoms with Crippen LogP contribution in [0.2, 0.25) is 0 Å². The van der Waals surface area contributed by atoms with Gasteiger partial charge in [-0.2, -0.15) is 0 Å². The van der Waals surface area contributed by atoms with Crippen molar-refractivity contribution >= 4 is 23.3 Å². The van der Waals surface area contributed by atoms with Gasteiger partial charge < -0.3 is 15.1 Å². The molecule has 2 aromatic carbocycles. The van der Waals surface area contributed by atoms with E-state index in [-0.39, 0.29) is 18.4 Å². The lowest BCUT2D eigenvalue weighted by atomic mass is 10.2. The minimum atomic E-state index is -0.186. The lowest BCUT2D eigenvalue weighted by molar-refractivity contribution is -0.115. The number of rotatable bonds is 5. The van der Waals surface area contributed by atoms with Crippen LogP contribution < -0.4 is 15.5 Å². The van der Waals surface area contributed by atoms with Crippen molar-refractivity contribution in [1.29, 1.82) is 0 Å². The van der Waals surface area contributed by atoms with Crippen LogP contribution in [0.5, 0.6) is 0 Å². The van der Waals surface area contributed by atoms with Crippen LogP contribution in [0.1, 0.15) is 5.69 Å². The van der Waals surface area contributed by atoms with Gasteiger partial charge in [-0.3, -0.25) is 9.69 Å². The highest BCUT2D eigenvalue weighted by Gasteiger charge is 2.20. The van der Waals surface area contributed by atoms with Gasteiger partial charge in [-0.1, -0.05) is 18.2 Å². The van der Waals surface area contributed by atoms with E-state index in [1.165, 1.54) is 6.26 Å². The molecule has 1 aliphatic heterocycles. The Morgan fingerprint density at radius 1 is 1.15 bits per heavy atom. The molecule has 0 bridgehead atoms. The number of carbonyl (C=O) groups excluding carboxylic acids is 2. The summed E-state index contributed by atoms with van der Waals surface area (Å²) < 4.78 is 5.45. The molecular formula is C20H18N4O3. The van der Waals surface area contributed by atoms with Crippen molar-refractivity contribution in [2.75, 3.05) is 23.3 Å². The Bertz CT molecular complexity index is 951. The predicted octanol–water partition coefficient (Wildman–Crippen LogP) is 3.05. The number of anilines is 2. The number of oxazole rings is 1. The molecule has 1 saturated heterocycles. The third-order valence-electron chi connectivity index (χ3n) is 4.23. The summed E-state index contributed by atoms with van der Waals surface area (Å²) in [6.07, 6.45) is 1.61. The van der Waals surface area contributed by atoms with Gasteiger partial charge in [-0.05, 0) is 36.4 Å². The lowest BCUT2D eigenvalue weighted by Gasteiger charge is -2.14.